The normalized spacial score (nSPS) is 18.8. The second kappa shape index (κ2) is 10.9. The Labute approximate surface area is 226 Å². The maximum absolute atomic E-state index is 13.8. The minimum Gasteiger partial charge on any atom is -0.497 e. The third-order valence-corrected chi connectivity index (χ3v) is 7.26. The Hall–Kier alpha value is -4.72. The van der Waals surface area contributed by atoms with Crippen molar-refractivity contribution in [1.29, 1.82) is 0 Å². The van der Waals surface area contributed by atoms with E-state index < -0.39 is 16.8 Å². The number of dihydropyridines is 1. The van der Waals surface area contributed by atoms with Crippen LogP contribution in [-0.2, 0) is 20.9 Å². The molecule has 0 spiro atoms. The van der Waals surface area contributed by atoms with E-state index in [0.29, 0.717) is 23.3 Å². The first-order valence-corrected chi connectivity index (χ1v) is 12.7. The van der Waals surface area contributed by atoms with E-state index in [1.807, 2.05) is 54.6 Å². The van der Waals surface area contributed by atoms with Gasteiger partial charge in [-0.1, -0.05) is 54.6 Å². The van der Waals surface area contributed by atoms with Crippen LogP contribution in [0.25, 0.3) is 0 Å². The number of rotatable bonds is 7. The lowest BCUT2D eigenvalue weighted by atomic mass is 9.71. The molecule has 0 fully saturated rings. The van der Waals surface area contributed by atoms with Crippen molar-refractivity contribution < 1.29 is 24.0 Å². The third-order valence-electron chi connectivity index (χ3n) is 7.26. The van der Waals surface area contributed by atoms with Gasteiger partial charge in [-0.2, -0.15) is 0 Å². The number of hydrogen-bond donors (Lipinski definition) is 1. The van der Waals surface area contributed by atoms with Gasteiger partial charge in [-0.05, 0) is 48.1 Å². The highest BCUT2D eigenvalue weighted by Crippen LogP contribution is 2.46. The molecular weight excluding hydrogens is 496 g/mol. The number of hydrogen-bond acceptors (Lipinski definition) is 7. The van der Waals surface area contributed by atoms with Gasteiger partial charge in [0.05, 0.1) is 17.6 Å². The molecule has 5 rings (SSSR count). The number of allylic oxidation sites excluding steroid dienone is 3. The molecule has 0 radical (unpaired) electrons. The minimum atomic E-state index is -0.784. The first-order valence-electron chi connectivity index (χ1n) is 12.7. The molecule has 0 bridgehead atoms. The number of nitro benzene ring substituents is 1. The lowest BCUT2D eigenvalue weighted by Crippen LogP contribution is -2.36. The van der Waals surface area contributed by atoms with Crippen LogP contribution in [0.4, 0.5) is 5.69 Å². The smallest absolute Gasteiger partial charge is 0.337 e. The van der Waals surface area contributed by atoms with Crippen LogP contribution in [0.1, 0.15) is 48.3 Å². The van der Waals surface area contributed by atoms with Crippen LogP contribution in [0, 0.1) is 10.1 Å². The highest BCUT2D eigenvalue weighted by Gasteiger charge is 2.41. The number of benzene rings is 3. The summed E-state index contributed by atoms with van der Waals surface area (Å²) in [4.78, 5) is 38.4. The molecule has 198 valence electrons. The van der Waals surface area contributed by atoms with Crippen molar-refractivity contribution in [2.75, 3.05) is 7.11 Å². The van der Waals surface area contributed by atoms with E-state index in [0.717, 1.165) is 22.6 Å². The van der Waals surface area contributed by atoms with Gasteiger partial charge in [0, 0.05) is 41.4 Å². The molecule has 1 aliphatic heterocycles. The minimum absolute atomic E-state index is 0.0557. The Morgan fingerprint density at radius 3 is 2.44 bits per heavy atom. The third kappa shape index (κ3) is 5.31. The Morgan fingerprint density at radius 2 is 1.74 bits per heavy atom. The van der Waals surface area contributed by atoms with E-state index in [9.17, 15) is 19.7 Å². The molecule has 8 nitrogen and oxygen atoms in total. The molecular formula is C31H28N2O6. The van der Waals surface area contributed by atoms with Gasteiger partial charge in [0.2, 0.25) is 0 Å². The fourth-order valence-corrected chi connectivity index (χ4v) is 5.37. The largest absolute Gasteiger partial charge is 0.497 e. The predicted molar refractivity (Wildman–Crippen MR) is 145 cm³/mol. The summed E-state index contributed by atoms with van der Waals surface area (Å²) in [7, 11) is 1.60. The zero-order chi connectivity index (χ0) is 27.5. The number of carbonyl (C=O) groups is 2. The molecule has 1 aliphatic carbocycles. The number of carbonyl (C=O) groups excluding carboxylic acids is 2. The number of non-ortho nitro benzene ring substituents is 1. The van der Waals surface area contributed by atoms with Crippen molar-refractivity contribution in [3.8, 4) is 5.75 Å². The summed E-state index contributed by atoms with van der Waals surface area (Å²) in [5.41, 5.74) is 4.25. The van der Waals surface area contributed by atoms with Gasteiger partial charge in [-0.15, -0.1) is 0 Å². The average molecular weight is 525 g/mol. The Kier molecular flexibility index (Phi) is 7.27. The maximum Gasteiger partial charge on any atom is 0.337 e. The van der Waals surface area contributed by atoms with Gasteiger partial charge in [-0.3, -0.25) is 14.9 Å². The SMILES string of the molecule is COc1ccc([C@H]2CC(=O)C3=C(C2)NC(C)=C(C(=O)OCc2ccccc2)[C@H]3c2cccc([N+](=O)[O-])c2)cc1. The molecule has 1 N–H and O–H groups in total. The van der Waals surface area contributed by atoms with E-state index >= 15 is 0 Å². The lowest BCUT2D eigenvalue weighted by molar-refractivity contribution is -0.384. The quantitative estimate of drug-likeness (QED) is 0.240. The van der Waals surface area contributed by atoms with Gasteiger partial charge in [0.1, 0.15) is 12.4 Å². The summed E-state index contributed by atoms with van der Waals surface area (Å²) in [6.07, 6.45) is 0.812. The topological polar surface area (TPSA) is 108 Å². The standard InChI is InChI=1S/C31H28N2O6/c1-19-28(31(35)39-18-20-7-4-3-5-8-20)29(22-9-6-10-24(15-22)33(36)37)30-26(32-19)16-23(17-27(30)34)21-11-13-25(38-2)14-12-21/h3-15,23,29,32H,16-18H2,1-2H3/t23-,29-/m1/s1. The van der Waals surface area contributed by atoms with E-state index in [1.54, 1.807) is 26.2 Å². The molecule has 0 unspecified atom stereocenters. The second-order valence-corrected chi connectivity index (χ2v) is 9.70. The summed E-state index contributed by atoms with van der Waals surface area (Å²) in [5.74, 6) is -0.785. The zero-order valence-corrected chi connectivity index (χ0v) is 21.7. The maximum atomic E-state index is 13.8. The Balaban J connectivity index is 1.53. The fourth-order valence-electron chi connectivity index (χ4n) is 5.37. The molecule has 8 heteroatoms. The highest BCUT2D eigenvalue weighted by molar-refractivity contribution is 6.04. The number of methoxy groups -OCH3 is 1. The summed E-state index contributed by atoms with van der Waals surface area (Å²) in [6.45, 7) is 1.84. The summed E-state index contributed by atoms with van der Waals surface area (Å²) in [5, 5.41) is 14.9. The van der Waals surface area contributed by atoms with Crippen LogP contribution < -0.4 is 10.1 Å². The predicted octanol–water partition coefficient (Wildman–Crippen LogP) is 5.71. The van der Waals surface area contributed by atoms with E-state index in [2.05, 4.69) is 5.32 Å². The molecule has 39 heavy (non-hydrogen) atoms. The summed E-state index contributed by atoms with van der Waals surface area (Å²) in [6, 6.07) is 23.1. The number of nitro groups is 1. The van der Waals surface area contributed by atoms with Crippen molar-refractivity contribution in [3.63, 3.8) is 0 Å². The molecule has 0 amide bonds. The number of nitrogens with one attached hydrogen (secondary N) is 1. The van der Waals surface area contributed by atoms with Gasteiger partial charge in [0.15, 0.2) is 5.78 Å². The van der Waals surface area contributed by atoms with Crippen molar-refractivity contribution in [2.24, 2.45) is 0 Å². The van der Waals surface area contributed by atoms with Crippen LogP contribution in [0.3, 0.4) is 0 Å². The van der Waals surface area contributed by atoms with Crippen LogP contribution in [0.2, 0.25) is 0 Å². The van der Waals surface area contributed by atoms with Gasteiger partial charge < -0.3 is 14.8 Å². The molecule has 0 saturated heterocycles. The van der Waals surface area contributed by atoms with Crippen molar-refractivity contribution >= 4 is 17.4 Å². The van der Waals surface area contributed by atoms with Crippen LogP contribution in [-0.4, -0.2) is 23.8 Å². The van der Waals surface area contributed by atoms with E-state index in [1.165, 1.54) is 12.1 Å². The van der Waals surface area contributed by atoms with Crippen LogP contribution in [0.15, 0.2) is 101 Å². The molecule has 2 aliphatic rings. The number of Topliss-reactive ketones (excluding diaryl/α,β-unsaturated/α-hetero) is 1. The lowest BCUT2D eigenvalue weighted by Gasteiger charge is -2.36. The first kappa shape index (κ1) is 25.9. The Bertz CT molecular complexity index is 1490. The molecule has 3 aromatic carbocycles. The van der Waals surface area contributed by atoms with Crippen molar-refractivity contribution in [2.45, 2.75) is 38.2 Å². The Morgan fingerprint density at radius 1 is 1.00 bits per heavy atom. The molecule has 0 saturated carbocycles. The first-order chi connectivity index (χ1) is 18.9. The number of esters is 1. The summed E-state index contributed by atoms with van der Waals surface area (Å²) >= 11 is 0. The zero-order valence-electron chi connectivity index (χ0n) is 21.7. The second-order valence-electron chi connectivity index (χ2n) is 9.70. The number of ketones is 1. The van der Waals surface area contributed by atoms with Gasteiger partial charge in [-0.25, -0.2) is 4.79 Å². The van der Waals surface area contributed by atoms with Crippen molar-refractivity contribution in [1.82, 2.24) is 5.32 Å². The fraction of sp³-hybridized carbons (Fsp3) is 0.226. The highest BCUT2D eigenvalue weighted by atomic mass is 16.6. The van der Waals surface area contributed by atoms with E-state index in [4.69, 9.17) is 9.47 Å². The van der Waals surface area contributed by atoms with Crippen LogP contribution >= 0.6 is 0 Å². The van der Waals surface area contributed by atoms with E-state index in [-0.39, 0.29) is 36.0 Å². The number of ether oxygens (including phenoxy) is 2. The van der Waals surface area contributed by atoms with Crippen molar-refractivity contribution in [3.05, 3.63) is 128 Å². The summed E-state index contributed by atoms with van der Waals surface area (Å²) < 4.78 is 10.9. The molecule has 2 atom stereocenters. The van der Waals surface area contributed by atoms with Gasteiger partial charge in [0.25, 0.3) is 5.69 Å². The number of nitrogens with zero attached hydrogens (tertiary/aromatic N) is 1. The monoisotopic (exact) mass is 524 g/mol. The average Bonchev–Trinajstić information content (AvgIpc) is 2.95. The molecule has 0 aromatic heterocycles. The van der Waals surface area contributed by atoms with Gasteiger partial charge >= 0.3 is 5.97 Å². The molecule has 1 heterocycles. The molecule has 3 aromatic rings. The van der Waals surface area contributed by atoms with Crippen LogP contribution in [0.5, 0.6) is 5.75 Å².